The van der Waals surface area contributed by atoms with Gasteiger partial charge in [0, 0.05) is 6.07 Å². The molecular weight excluding hydrogens is 362 g/mol. The first-order valence-electron chi connectivity index (χ1n) is 8.39. The summed E-state index contributed by atoms with van der Waals surface area (Å²) in [4.78, 5) is 0.237. The summed E-state index contributed by atoms with van der Waals surface area (Å²) in [5.41, 5.74) is 1.38. The molecule has 3 rings (SSSR count). The van der Waals surface area contributed by atoms with Crippen molar-refractivity contribution in [2.24, 2.45) is 0 Å². The van der Waals surface area contributed by atoms with E-state index >= 15 is 0 Å². The number of benzene rings is 3. The zero-order valence-electron chi connectivity index (χ0n) is 15.2. The number of rotatable bonds is 7. The van der Waals surface area contributed by atoms with E-state index in [2.05, 4.69) is 0 Å². The van der Waals surface area contributed by atoms with Crippen molar-refractivity contribution in [1.82, 2.24) is 0 Å². The molecule has 0 aliphatic heterocycles. The molecule has 0 fully saturated rings. The highest BCUT2D eigenvalue weighted by atomic mass is 32.2. The second kappa shape index (κ2) is 8.14. The van der Waals surface area contributed by atoms with Crippen molar-refractivity contribution in [3.8, 4) is 11.5 Å². The normalized spacial score (nSPS) is 11.0. The van der Waals surface area contributed by atoms with Crippen LogP contribution in [0.2, 0.25) is 0 Å². The van der Waals surface area contributed by atoms with Crippen LogP contribution in [0.3, 0.4) is 0 Å². The van der Waals surface area contributed by atoms with Gasteiger partial charge in [-0.25, -0.2) is 8.42 Å². The van der Waals surface area contributed by atoms with E-state index in [1.165, 1.54) is 4.31 Å². The summed E-state index contributed by atoms with van der Waals surface area (Å²) in [6.45, 7) is 0.189. The van der Waals surface area contributed by atoms with E-state index in [4.69, 9.17) is 9.47 Å². The Morgan fingerprint density at radius 1 is 0.778 bits per heavy atom. The van der Waals surface area contributed by atoms with Gasteiger partial charge < -0.3 is 9.47 Å². The molecule has 0 N–H and O–H groups in total. The molecule has 27 heavy (non-hydrogen) atoms. The summed E-state index contributed by atoms with van der Waals surface area (Å²) in [6, 6.07) is 22.8. The van der Waals surface area contributed by atoms with E-state index in [1.807, 2.05) is 24.3 Å². The lowest BCUT2D eigenvalue weighted by Crippen LogP contribution is -2.30. The Bertz CT molecular complexity index is 986. The van der Waals surface area contributed by atoms with Crippen LogP contribution >= 0.6 is 0 Å². The highest BCUT2D eigenvalue weighted by Gasteiger charge is 2.25. The number of ether oxygens (including phenoxy) is 2. The lowest BCUT2D eigenvalue weighted by molar-refractivity contribution is 0.414. The van der Waals surface area contributed by atoms with Crippen molar-refractivity contribution in [3.63, 3.8) is 0 Å². The van der Waals surface area contributed by atoms with E-state index in [-0.39, 0.29) is 11.4 Å². The van der Waals surface area contributed by atoms with Crippen molar-refractivity contribution in [3.05, 3.63) is 84.4 Å². The number of nitrogens with zero attached hydrogens (tertiary/aromatic N) is 1. The fourth-order valence-electron chi connectivity index (χ4n) is 2.70. The van der Waals surface area contributed by atoms with Gasteiger partial charge in [-0.2, -0.15) is 0 Å². The topological polar surface area (TPSA) is 55.8 Å². The van der Waals surface area contributed by atoms with Gasteiger partial charge in [-0.15, -0.1) is 0 Å². The lowest BCUT2D eigenvalue weighted by Gasteiger charge is -2.25. The van der Waals surface area contributed by atoms with Crippen LogP contribution in [0.1, 0.15) is 5.56 Å². The molecular formula is C21H21NO4S. The van der Waals surface area contributed by atoms with Crippen LogP contribution in [0, 0.1) is 0 Å². The first-order valence-corrected chi connectivity index (χ1v) is 9.83. The van der Waals surface area contributed by atoms with Gasteiger partial charge in [-0.3, -0.25) is 4.31 Å². The van der Waals surface area contributed by atoms with Crippen molar-refractivity contribution >= 4 is 15.7 Å². The minimum absolute atomic E-state index is 0.189. The SMILES string of the molecule is COc1ccc(CN(c2cccc(OC)c2)S(=O)(=O)c2ccccc2)cc1. The van der Waals surface area contributed by atoms with Crippen molar-refractivity contribution in [2.45, 2.75) is 11.4 Å². The minimum atomic E-state index is -3.75. The molecule has 0 aliphatic rings. The predicted octanol–water partition coefficient (Wildman–Crippen LogP) is 4.10. The molecule has 0 aromatic heterocycles. The van der Waals surface area contributed by atoms with E-state index in [9.17, 15) is 8.42 Å². The van der Waals surface area contributed by atoms with E-state index in [1.54, 1.807) is 68.8 Å². The van der Waals surface area contributed by atoms with Crippen LogP contribution in [0.15, 0.2) is 83.8 Å². The maximum Gasteiger partial charge on any atom is 0.264 e. The van der Waals surface area contributed by atoms with Gasteiger partial charge >= 0.3 is 0 Å². The summed E-state index contributed by atoms with van der Waals surface area (Å²) in [6.07, 6.45) is 0. The Kier molecular flexibility index (Phi) is 5.66. The third kappa shape index (κ3) is 4.23. The molecule has 3 aromatic carbocycles. The maximum atomic E-state index is 13.3. The zero-order valence-corrected chi connectivity index (χ0v) is 16.0. The van der Waals surface area contributed by atoms with E-state index < -0.39 is 10.0 Å². The molecule has 0 bridgehead atoms. The van der Waals surface area contributed by atoms with E-state index in [0.29, 0.717) is 11.4 Å². The molecule has 0 saturated heterocycles. The summed E-state index contributed by atoms with van der Waals surface area (Å²) in [7, 11) is -0.598. The van der Waals surface area contributed by atoms with Gasteiger partial charge in [-0.1, -0.05) is 36.4 Å². The van der Waals surface area contributed by atoms with Crippen LogP contribution in [-0.4, -0.2) is 22.6 Å². The second-order valence-corrected chi connectivity index (χ2v) is 7.74. The molecule has 0 amide bonds. The summed E-state index contributed by atoms with van der Waals surface area (Å²) in [5.74, 6) is 1.31. The fraction of sp³-hybridized carbons (Fsp3) is 0.143. The molecule has 0 heterocycles. The molecule has 0 spiro atoms. The maximum absolute atomic E-state index is 13.3. The van der Waals surface area contributed by atoms with Gasteiger partial charge in [0.15, 0.2) is 0 Å². The summed E-state index contributed by atoms with van der Waals surface area (Å²) < 4.78 is 38.5. The number of hydrogen-bond acceptors (Lipinski definition) is 4. The molecule has 0 radical (unpaired) electrons. The quantitative estimate of drug-likeness (QED) is 0.616. The van der Waals surface area contributed by atoms with Crippen molar-refractivity contribution in [1.29, 1.82) is 0 Å². The van der Waals surface area contributed by atoms with Gasteiger partial charge in [-0.05, 0) is 42.0 Å². The average molecular weight is 383 g/mol. The van der Waals surface area contributed by atoms with Crippen LogP contribution in [-0.2, 0) is 16.6 Å². The lowest BCUT2D eigenvalue weighted by atomic mass is 10.2. The van der Waals surface area contributed by atoms with Crippen LogP contribution < -0.4 is 13.8 Å². The Morgan fingerprint density at radius 2 is 1.44 bits per heavy atom. The first kappa shape index (κ1) is 18.8. The number of sulfonamides is 1. The molecule has 0 saturated carbocycles. The van der Waals surface area contributed by atoms with Gasteiger partial charge in [0.25, 0.3) is 10.0 Å². The summed E-state index contributed by atoms with van der Waals surface area (Å²) >= 11 is 0. The third-order valence-electron chi connectivity index (χ3n) is 4.16. The largest absolute Gasteiger partial charge is 0.497 e. The summed E-state index contributed by atoms with van der Waals surface area (Å²) in [5, 5.41) is 0. The van der Waals surface area contributed by atoms with Gasteiger partial charge in [0.1, 0.15) is 11.5 Å². The van der Waals surface area contributed by atoms with Gasteiger partial charge in [0.05, 0.1) is 31.3 Å². The molecule has 3 aromatic rings. The zero-order chi connectivity index (χ0) is 19.3. The Labute approximate surface area is 159 Å². The Hall–Kier alpha value is -2.99. The molecule has 140 valence electrons. The first-order chi connectivity index (χ1) is 13.0. The second-order valence-electron chi connectivity index (χ2n) is 5.87. The highest BCUT2D eigenvalue weighted by molar-refractivity contribution is 7.92. The van der Waals surface area contributed by atoms with Crippen molar-refractivity contribution < 1.29 is 17.9 Å². The molecule has 6 heteroatoms. The predicted molar refractivity (Wildman–Crippen MR) is 106 cm³/mol. The standard InChI is InChI=1S/C21H21NO4S/c1-25-19-13-11-17(12-14-19)16-22(18-7-6-8-20(15-18)26-2)27(23,24)21-9-4-3-5-10-21/h3-15H,16H2,1-2H3. The molecule has 0 atom stereocenters. The Balaban J connectivity index is 2.05. The van der Waals surface area contributed by atoms with Crippen LogP contribution in [0.4, 0.5) is 5.69 Å². The Morgan fingerprint density at radius 3 is 2.07 bits per heavy atom. The average Bonchev–Trinajstić information content (AvgIpc) is 2.73. The number of methoxy groups -OCH3 is 2. The van der Waals surface area contributed by atoms with Crippen molar-refractivity contribution in [2.75, 3.05) is 18.5 Å². The van der Waals surface area contributed by atoms with Crippen LogP contribution in [0.5, 0.6) is 11.5 Å². The molecule has 0 aliphatic carbocycles. The molecule has 0 unspecified atom stereocenters. The van der Waals surface area contributed by atoms with Crippen LogP contribution in [0.25, 0.3) is 0 Å². The number of anilines is 1. The molecule has 5 nitrogen and oxygen atoms in total. The van der Waals surface area contributed by atoms with E-state index in [0.717, 1.165) is 11.3 Å². The monoisotopic (exact) mass is 383 g/mol. The number of hydrogen-bond donors (Lipinski definition) is 0. The highest BCUT2D eigenvalue weighted by Crippen LogP contribution is 2.29. The minimum Gasteiger partial charge on any atom is -0.497 e. The third-order valence-corrected chi connectivity index (χ3v) is 5.95. The smallest absolute Gasteiger partial charge is 0.264 e. The fourth-order valence-corrected chi connectivity index (χ4v) is 4.16. The van der Waals surface area contributed by atoms with Gasteiger partial charge in [0.2, 0.25) is 0 Å².